The Morgan fingerprint density at radius 1 is 0.893 bits per heavy atom. The van der Waals surface area contributed by atoms with Crippen LogP contribution in [0.3, 0.4) is 0 Å². The van der Waals surface area contributed by atoms with Crippen molar-refractivity contribution in [2.24, 2.45) is 86.8 Å². The number of carbonyl (C=O) groups excluding carboxylic acids is 2. The molecular weight excluding hydrogens is 939 g/mol. The second-order valence-electron chi connectivity index (χ2n) is 27.0. The lowest BCUT2D eigenvalue weighted by molar-refractivity contribution is -0.365. The Morgan fingerprint density at radius 2 is 1.71 bits per heavy atom. The van der Waals surface area contributed by atoms with E-state index >= 15 is 15.0 Å². The zero-order valence-corrected chi connectivity index (χ0v) is 44.3. The summed E-state index contributed by atoms with van der Waals surface area (Å²) in [6, 6.07) is 16.1. The first kappa shape index (κ1) is 50.7. The molecule has 1 heterocycles. The predicted molar refractivity (Wildman–Crippen MR) is 283 cm³/mol. The van der Waals surface area contributed by atoms with Crippen LogP contribution in [-0.2, 0) is 33.8 Å². The largest absolute Gasteiger partial charge is 0.454 e. The molecular formula is C65H81NO9. The van der Waals surface area contributed by atoms with E-state index in [1.165, 1.54) is 31.2 Å². The van der Waals surface area contributed by atoms with Gasteiger partial charge >= 0.3 is 5.97 Å². The smallest absolute Gasteiger partial charge is 0.331 e. The van der Waals surface area contributed by atoms with Crippen molar-refractivity contribution in [2.75, 3.05) is 13.7 Å². The number of carbonyl (C=O) groups is 2. The van der Waals surface area contributed by atoms with Crippen LogP contribution in [0, 0.1) is 110 Å². The van der Waals surface area contributed by atoms with E-state index in [0.717, 1.165) is 42.2 Å². The number of aliphatic hydroxyl groups excluding tert-OH is 3. The minimum atomic E-state index is -2.00. The quantitative estimate of drug-likeness (QED) is 0.0802. The van der Waals surface area contributed by atoms with E-state index in [-0.39, 0.29) is 74.8 Å². The van der Waals surface area contributed by atoms with Crippen LogP contribution in [-0.4, -0.2) is 91.6 Å². The van der Waals surface area contributed by atoms with Gasteiger partial charge in [-0.2, -0.15) is 0 Å². The number of fused-ring (bicyclic) bond motifs is 5. The summed E-state index contributed by atoms with van der Waals surface area (Å²) in [5, 5.41) is 85.1. The molecule has 14 rings (SSSR count). The average molecular weight is 1020 g/mol. The van der Waals surface area contributed by atoms with Crippen LogP contribution in [0.25, 0.3) is 0 Å². The van der Waals surface area contributed by atoms with E-state index in [2.05, 4.69) is 60.2 Å². The van der Waals surface area contributed by atoms with E-state index in [1.54, 1.807) is 6.08 Å². The summed E-state index contributed by atoms with van der Waals surface area (Å²) in [6.07, 6.45) is 13.5. The van der Waals surface area contributed by atoms with E-state index in [9.17, 15) is 25.2 Å². The zero-order valence-electron chi connectivity index (χ0n) is 44.3. The SMILES string of the molecule is CNC1Cc2c(cccc2CO)C#CCCC23CC4C#CCC(Cc5ccccc5)C5CCC6(C5)CC5(C=O)C4C(O)(CC4CC(C(C)C7CCCC7)CCC(C6O)C45O)C2(O)CC2CC1C1OC(=O)C=C1C23CO. The number of likely N-dealkylation sites (N-methyl/N-ethyl adjacent to an activating group) is 1. The van der Waals surface area contributed by atoms with Crippen LogP contribution in [0.4, 0.5) is 0 Å². The van der Waals surface area contributed by atoms with Crippen molar-refractivity contribution in [1.82, 2.24) is 5.32 Å². The lowest BCUT2D eigenvalue weighted by Gasteiger charge is -2.75. The van der Waals surface area contributed by atoms with Gasteiger partial charge in [-0.25, -0.2) is 4.79 Å². The Hall–Kier alpha value is -3.84. The molecule has 10 heteroatoms. The third-order valence-electron chi connectivity index (χ3n) is 24.8. The minimum absolute atomic E-state index is 0.0290. The molecule has 0 amide bonds. The van der Waals surface area contributed by atoms with Crippen molar-refractivity contribution >= 4 is 12.3 Å². The van der Waals surface area contributed by atoms with Crippen molar-refractivity contribution in [2.45, 2.75) is 177 Å². The van der Waals surface area contributed by atoms with E-state index in [4.69, 9.17) is 4.74 Å². The van der Waals surface area contributed by atoms with Gasteiger partial charge in [0, 0.05) is 65.0 Å². The van der Waals surface area contributed by atoms with Crippen molar-refractivity contribution < 1.29 is 45.0 Å². The Morgan fingerprint density at radius 3 is 2.47 bits per heavy atom. The molecule has 12 aliphatic rings. The number of hydrogen-bond donors (Lipinski definition) is 7. The summed E-state index contributed by atoms with van der Waals surface area (Å²) >= 11 is 0. The summed E-state index contributed by atoms with van der Waals surface area (Å²) in [6.45, 7) is 1.83. The second kappa shape index (κ2) is 18.1. The van der Waals surface area contributed by atoms with Gasteiger partial charge in [0.1, 0.15) is 18.0 Å². The third kappa shape index (κ3) is 6.72. The van der Waals surface area contributed by atoms with Gasteiger partial charge in [0.25, 0.3) is 0 Å². The van der Waals surface area contributed by atoms with Crippen LogP contribution in [0.2, 0.25) is 0 Å². The second-order valence-corrected chi connectivity index (χ2v) is 27.0. The van der Waals surface area contributed by atoms with Crippen LogP contribution >= 0.6 is 0 Å². The van der Waals surface area contributed by atoms with Gasteiger partial charge in [-0.15, -0.1) is 5.92 Å². The van der Waals surface area contributed by atoms with Crippen LogP contribution in [0.15, 0.2) is 60.2 Å². The van der Waals surface area contributed by atoms with Crippen molar-refractivity contribution in [3.63, 3.8) is 0 Å². The van der Waals surface area contributed by atoms with Gasteiger partial charge in [-0.05, 0) is 172 Å². The molecule has 11 aliphatic carbocycles. The molecule has 2 spiro atoms. The lowest BCUT2D eigenvalue weighted by atomic mass is 9.31. The molecule has 8 fully saturated rings. The van der Waals surface area contributed by atoms with Gasteiger partial charge in [0.05, 0.1) is 35.9 Å². The van der Waals surface area contributed by atoms with Crippen molar-refractivity contribution in [3.8, 4) is 23.7 Å². The number of benzene rings is 2. The number of rotatable bonds is 8. The number of aliphatic hydroxyl groups is 6. The fraction of sp³-hybridized carbons (Fsp3) is 0.692. The summed E-state index contributed by atoms with van der Waals surface area (Å²) in [4.78, 5) is 29.5. The summed E-state index contributed by atoms with van der Waals surface area (Å²) in [7, 11) is 1.91. The summed E-state index contributed by atoms with van der Waals surface area (Å²) < 4.78 is 6.45. The Kier molecular flexibility index (Phi) is 12.2. The highest BCUT2D eigenvalue weighted by Crippen LogP contribution is 2.83. The highest BCUT2D eigenvalue weighted by Gasteiger charge is 2.88. The van der Waals surface area contributed by atoms with Gasteiger partial charge in [0.2, 0.25) is 0 Å². The minimum Gasteiger partial charge on any atom is -0.454 e. The highest BCUT2D eigenvalue weighted by atomic mass is 16.5. The van der Waals surface area contributed by atoms with E-state index in [1.807, 2.05) is 31.3 Å². The van der Waals surface area contributed by atoms with Crippen molar-refractivity contribution in [1.29, 1.82) is 0 Å². The van der Waals surface area contributed by atoms with Crippen LogP contribution in [0.1, 0.15) is 145 Å². The van der Waals surface area contributed by atoms with Crippen LogP contribution < -0.4 is 5.32 Å². The molecule has 10 nitrogen and oxygen atoms in total. The Bertz CT molecular complexity index is 2770. The summed E-state index contributed by atoms with van der Waals surface area (Å²) in [5.74, 6) is 11.9. The Labute approximate surface area is 444 Å². The number of esters is 1. The molecule has 8 saturated carbocycles. The maximum atomic E-state index is 15.4. The summed E-state index contributed by atoms with van der Waals surface area (Å²) in [5.41, 5.74) is -6.04. The van der Waals surface area contributed by atoms with Crippen LogP contribution in [0.5, 0.6) is 0 Å². The molecule has 2 aromatic rings. The monoisotopic (exact) mass is 1020 g/mol. The molecule has 20 atom stereocenters. The standard InChI is InChI=1S/C65H81NO9/c1-39(41-14-6-7-15-41)43-21-22-52-58(71)59-25-23-45(31-59)44(26-40-12-4-3-5-13-40)18-11-19-46-32-61-24-9-8-16-42-17-10-20-47(35-67)50(42)29-54(66-2)51-28-48(62(61,38-69)53-30-55(70)75-56(51)53)34-64(61,73)63(72)33-49(27-43)65(52,74)60(36-59,37-68)57(46)63/h3-5,10,12-13,17,20,30,37,39,41,43-46,48-49,51-52,54,56-58,66-67,69,71-74H,6-7,9,14-15,18,21-29,31-36,38H2,1-2H3. The first-order chi connectivity index (χ1) is 36.2. The van der Waals surface area contributed by atoms with Gasteiger partial charge in [0.15, 0.2) is 0 Å². The lowest BCUT2D eigenvalue weighted by Crippen LogP contribution is -2.84. The molecule has 7 N–H and O–H groups in total. The molecule has 0 aromatic heterocycles. The third-order valence-corrected chi connectivity index (χ3v) is 24.8. The fourth-order valence-electron chi connectivity index (χ4n) is 21.8. The maximum absolute atomic E-state index is 15.4. The number of ether oxygens (including phenoxy) is 1. The number of hydrogen-bond acceptors (Lipinski definition) is 10. The Balaban J connectivity index is 1.05. The molecule has 7 bridgehead atoms. The molecule has 0 saturated heterocycles. The van der Waals surface area contributed by atoms with Gasteiger partial charge in [-0.3, -0.25) is 0 Å². The average Bonchev–Trinajstić information content (AvgIpc) is 4.22. The molecule has 400 valence electrons. The van der Waals surface area contributed by atoms with Gasteiger partial charge < -0.3 is 45.5 Å². The number of aldehydes is 1. The number of nitrogens with one attached hydrogen (secondary N) is 1. The predicted octanol–water partition coefficient (Wildman–Crippen LogP) is 7.41. The van der Waals surface area contributed by atoms with Gasteiger partial charge in [-0.1, -0.05) is 92.8 Å². The molecule has 2 aromatic carbocycles. The zero-order chi connectivity index (χ0) is 51.9. The first-order valence-electron chi connectivity index (χ1n) is 29.5. The van der Waals surface area contributed by atoms with E-state index < -0.39 is 92.8 Å². The fourth-order valence-corrected chi connectivity index (χ4v) is 21.8. The maximum Gasteiger partial charge on any atom is 0.331 e. The molecule has 0 radical (unpaired) electrons. The highest BCUT2D eigenvalue weighted by molar-refractivity contribution is 5.87. The van der Waals surface area contributed by atoms with E-state index in [0.29, 0.717) is 62.4 Å². The molecule has 20 unspecified atom stereocenters. The normalized spacial score (nSPS) is 47.5. The molecule has 1 aliphatic heterocycles. The topological polar surface area (TPSA) is 177 Å². The van der Waals surface area contributed by atoms with Crippen molar-refractivity contribution in [3.05, 3.63) is 82.4 Å². The molecule has 75 heavy (non-hydrogen) atoms. The first-order valence-corrected chi connectivity index (χ1v) is 29.5.